The number of alkyl halides is 1. The van der Waals surface area contributed by atoms with Crippen LogP contribution in [0.3, 0.4) is 0 Å². The van der Waals surface area contributed by atoms with Gasteiger partial charge in [0.05, 0.1) is 34.2 Å². The molecular weight excluding hydrogens is 316 g/mol. The van der Waals surface area contributed by atoms with Gasteiger partial charge in [0.15, 0.2) is 0 Å². The Morgan fingerprint density at radius 3 is 2.71 bits per heavy atom. The van der Waals surface area contributed by atoms with Gasteiger partial charge < -0.3 is 9.09 Å². The number of imidazole rings is 1. The predicted molar refractivity (Wildman–Crippen MR) is 79.3 cm³/mol. The van der Waals surface area contributed by atoms with E-state index in [-0.39, 0.29) is 10.9 Å². The molecule has 0 N–H and O–H groups in total. The molecule has 0 aliphatic carbocycles. The zero-order valence-corrected chi connectivity index (χ0v) is 13.0. The van der Waals surface area contributed by atoms with Crippen LogP contribution in [0.4, 0.5) is 4.39 Å². The van der Waals surface area contributed by atoms with Crippen molar-refractivity contribution in [2.45, 2.75) is 26.3 Å². The highest BCUT2D eigenvalue weighted by Crippen LogP contribution is 2.26. The van der Waals surface area contributed by atoms with Gasteiger partial charge in [0.2, 0.25) is 0 Å². The number of benzene rings is 1. The van der Waals surface area contributed by atoms with Crippen molar-refractivity contribution >= 4 is 34.2 Å². The predicted octanol–water partition coefficient (Wildman–Crippen LogP) is 4.22. The molecular formula is C14H12Cl2FN3O. The van der Waals surface area contributed by atoms with Crippen molar-refractivity contribution in [2.24, 2.45) is 0 Å². The molecule has 21 heavy (non-hydrogen) atoms. The molecule has 0 amide bonds. The fourth-order valence-corrected chi connectivity index (χ4v) is 2.70. The largest absolute Gasteiger partial charge is 0.361 e. The average molecular weight is 328 g/mol. The summed E-state index contributed by atoms with van der Waals surface area (Å²) in [6.07, 6.45) is 0. The van der Waals surface area contributed by atoms with E-state index >= 15 is 0 Å². The van der Waals surface area contributed by atoms with Crippen molar-refractivity contribution < 1.29 is 8.91 Å². The van der Waals surface area contributed by atoms with E-state index in [9.17, 15) is 4.39 Å². The summed E-state index contributed by atoms with van der Waals surface area (Å²) in [6, 6.07) is 2.88. The van der Waals surface area contributed by atoms with Crippen molar-refractivity contribution in [2.75, 3.05) is 0 Å². The van der Waals surface area contributed by atoms with Crippen LogP contribution in [-0.4, -0.2) is 14.7 Å². The van der Waals surface area contributed by atoms with Gasteiger partial charge in [-0.3, -0.25) is 0 Å². The summed E-state index contributed by atoms with van der Waals surface area (Å²) in [5.74, 6) is 1.11. The Morgan fingerprint density at radius 1 is 1.33 bits per heavy atom. The number of fused-ring (bicyclic) bond motifs is 1. The molecule has 7 heteroatoms. The fourth-order valence-electron chi connectivity index (χ4n) is 2.33. The minimum Gasteiger partial charge on any atom is -0.361 e. The van der Waals surface area contributed by atoms with Gasteiger partial charge in [-0.1, -0.05) is 16.8 Å². The van der Waals surface area contributed by atoms with E-state index in [1.165, 1.54) is 12.1 Å². The van der Waals surface area contributed by atoms with Crippen LogP contribution in [0.2, 0.25) is 5.02 Å². The Bertz CT molecular complexity index is 806. The SMILES string of the molecule is Cc1noc(C)c1Cn1c(CCl)nc2cc(Cl)c(F)cc21. The van der Waals surface area contributed by atoms with Crippen LogP contribution < -0.4 is 0 Å². The number of aryl methyl sites for hydroxylation is 2. The third kappa shape index (κ3) is 2.40. The average Bonchev–Trinajstić information content (AvgIpc) is 2.94. The Balaban J connectivity index is 2.18. The molecule has 4 nitrogen and oxygen atoms in total. The summed E-state index contributed by atoms with van der Waals surface area (Å²) in [6.45, 7) is 4.18. The van der Waals surface area contributed by atoms with Gasteiger partial charge in [-0.25, -0.2) is 9.37 Å². The summed E-state index contributed by atoms with van der Waals surface area (Å²) in [7, 11) is 0. The number of nitrogens with zero attached hydrogens (tertiary/aromatic N) is 3. The summed E-state index contributed by atoms with van der Waals surface area (Å²) in [5.41, 5.74) is 3.00. The second kappa shape index (κ2) is 5.31. The molecule has 0 unspecified atom stereocenters. The van der Waals surface area contributed by atoms with Crippen molar-refractivity contribution in [1.29, 1.82) is 0 Å². The lowest BCUT2D eigenvalue weighted by Gasteiger charge is -2.07. The van der Waals surface area contributed by atoms with E-state index in [1.54, 1.807) is 0 Å². The van der Waals surface area contributed by atoms with Crippen LogP contribution in [0.15, 0.2) is 16.7 Å². The molecule has 2 aromatic heterocycles. The van der Waals surface area contributed by atoms with Crippen molar-refractivity contribution in [1.82, 2.24) is 14.7 Å². The summed E-state index contributed by atoms with van der Waals surface area (Å²) in [4.78, 5) is 4.40. The molecule has 0 bridgehead atoms. The maximum atomic E-state index is 13.7. The third-order valence-electron chi connectivity index (χ3n) is 3.49. The van der Waals surface area contributed by atoms with Gasteiger partial charge in [0.25, 0.3) is 0 Å². The normalized spacial score (nSPS) is 11.5. The number of hydrogen-bond acceptors (Lipinski definition) is 3. The molecule has 0 aliphatic rings. The molecule has 3 aromatic rings. The molecule has 110 valence electrons. The van der Waals surface area contributed by atoms with Crippen molar-refractivity contribution in [3.05, 3.63) is 45.8 Å². The first-order valence-corrected chi connectivity index (χ1v) is 7.24. The Labute approximate surface area is 130 Å². The van der Waals surface area contributed by atoms with E-state index in [0.717, 1.165) is 17.0 Å². The molecule has 0 radical (unpaired) electrons. The van der Waals surface area contributed by atoms with Gasteiger partial charge in [-0.15, -0.1) is 11.6 Å². The zero-order valence-electron chi connectivity index (χ0n) is 11.5. The number of aromatic nitrogens is 3. The van der Waals surface area contributed by atoms with Crippen LogP contribution in [0.5, 0.6) is 0 Å². The van der Waals surface area contributed by atoms with Gasteiger partial charge in [-0.2, -0.15) is 0 Å². The van der Waals surface area contributed by atoms with E-state index in [4.69, 9.17) is 27.7 Å². The maximum absolute atomic E-state index is 13.7. The number of hydrogen-bond donors (Lipinski definition) is 0. The van der Waals surface area contributed by atoms with E-state index in [2.05, 4.69) is 10.1 Å². The topological polar surface area (TPSA) is 43.9 Å². The molecule has 0 saturated carbocycles. The highest BCUT2D eigenvalue weighted by atomic mass is 35.5. The van der Waals surface area contributed by atoms with Gasteiger partial charge >= 0.3 is 0 Å². The van der Waals surface area contributed by atoms with E-state index in [1.807, 2.05) is 18.4 Å². The Morgan fingerprint density at radius 2 is 2.10 bits per heavy atom. The van der Waals surface area contributed by atoms with Crippen LogP contribution in [0.25, 0.3) is 11.0 Å². The first kappa shape index (κ1) is 14.4. The minimum absolute atomic E-state index is 0.0469. The molecule has 1 aromatic carbocycles. The van der Waals surface area contributed by atoms with Gasteiger partial charge in [0.1, 0.15) is 17.4 Å². The highest BCUT2D eigenvalue weighted by Gasteiger charge is 2.17. The second-order valence-electron chi connectivity index (χ2n) is 4.81. The molecule has 2 heterocycles. The fraction of sp³-hybridized carbons (Fsp3) is 0.286. The van der Waals surface area contributed by atoms with Crippen LogP contribution in [0, 0.1) is 19.7 Å². The number of rotatable bonds is 3. The third-order valence-corrected chi connectivity index (χ3v) is 4.02. The first-order chi connectivity index (χ1) is 10.0. The first-order valence-electron chi connectivity index (χ1n) is 6.33. The van der Waals surface area contributed by atoms with Crippen LogP contribution in [0.1, 0.15) is 22.8 Å². The lowest BCUT2D eigenvalue weighted by Crippen LogP contribution is -2.05. The minimum atomic E-state index is -0.481. The summed E-state index contributed by atoms with van der Waals surface area (Å²) < 4.78 is 20.8. The van der Waals surface area contributed by atoms with Crippen molar-refractivity contribution in [3.63, 3.8) is 0 Å². The van der Waals surface area contributed by atoms with Crippen LogP contribution in [-0.2, 0) is 12.4 Å². The van der Waals surface area contributed by atoms with E-state index < -0.39 is 5.82 Å². The number of halogens is 3. The molecule has 3 rings (SSSR count). The van der Waals surface area contributed by atoms with E-state index in [0.29, 0.717) is 23.4 Å². The highest BCUT2D eigenvalue weighted by molar-refractivity contribution is 6.31. The Hall–Kier alpha value is -1.59. The molecule has 0 aliphatic heterocycles. The Kier molecular flexibility index (Phi) is 3.63. The molecule has 0 saturated heterocycles. The van der Waals surface area contributed by atoms with Crippen LogP contribution >= 0.6 is 23.2 Å². The lowest BCUT2D eigenvalue weighted by atomic mass is 10.2. The maximum Gasteiger partial charge on any atom is 0.144 e. The standard InChI is InChI=1S/C14H12Cl2FN3O/c1-7-9(8(2)21-19-7)6-20-13-4-11(17)10(16)3-12(13)18-14(20)5-15/h3-4H,5-6H2,1-2H3. The lowest BCUT2D eigenvalue weighted by molar-refractivity contribution is 0.392. The smallest absolute Gasteiger partial charge is 0.144 e. The molecule has 0 spiro atoms. The van der Waals surface area contributed by atoms with Gasteiger partial charge in [-0.05, 0) is 19.9 Å². The quantitative estimate of drug-likeness (QED) is 0.676. The monoisotopic (exact) mass is 327 g/mol. The summed E-state index contributed by atoms with van der Waals surface area (Å²) >= 11 is 11.8. The van der Waals surface area contributed by atoms with Gasteiger partial charge in [0, 0.05) is 11.6 Å². The summed E-state index contributed by atoms with van der Waals surface area (Å²) in [5, 5.41) is 3.97. The molecule has 0 fully saturated rings. The second-order valence-corrected chi connectivity index (χ2v) is 5.48. The molecule has 0 atom stereocenters. The van der Waals surface area contributed by atoms with Crippen molar-refractivity contribution in [3.8, 4) is 0 Å². The zero-order chi connectivity index (χ0) is 15.1.